The van der Waals surface area contributed by atoms with Crippen molar-refractivity contribution in [2.75, 3.05) is 0 Å². The molecule has 0 spiro atoms. The minimum absolute atomic E-state index is 0.0676. The summed E-state index contributed by atoms with van der Waals surface area (Å²) in [5, 5.41) is 9.54. The van der Waals surface area contributed by atoms with E-state index in [1.54, 1.807) is 36.4 Å². The van der Waals surface area contributed by atoms with Gasteiger partial charge in [-0.25, -0.2) is 4.79 Å². The molecule has 230 valence electrons. The van der Waals surface area contributed by atoms with Crippen molar-refractivity contribution in [2.45, 2.75) is 126 Å². The summed E-state index contributed by atoms with van der Waals surface area (Å²) < 4.78 is 6.22. The zero-order chi connectivity index (χ0) is 30.3. The number of rotatable bonds is 3. The van der Waals surface area contributed by atoms with E-state index < -0.39 is 0 Å². The molecule has 0 amide bonds. The second-order valence-electron chi connectivity index (χ2n) is 17.6. The Morgan fingerprint density at radius 1 is 0.857 bits per heavy atom. The number of carbonyl (C=O) groups is 1. The number of allylic oxidation sites excluding steroid dienone is 2. The predicted octanol–water partition coefficient (Wildman–Crippen LogP) is 10.1. The monoisotopic (exact) mass is 572 g/mol. The Morgan fingerprint density at radius 2 is 1.55 bits per heavy atom. The second-order valence-corrected chi connectivity index (χ2v) is 17.6. The van der Waals surface area contributed by atoms with Gasteiger partial charge in [-0.1, -0.05) is 79.2 Å². The molecule has 0 radical (unpaired) electrons. The highest BCUT2D eigenvalue weighted by Crippen LogP contribution is 2.75. The van der Waals surface area contributed by atoms with Crippen molar-refractivity contribution in [3.63, 3.8) is 0 Å². The van der Waals surface area contributed by atoms with Gasteiger partial charge in [-0.3, -0.25) is 0 Å². The molecule has 0 heterocycles. The van der Waals surface area contributed by atoms with Crippen LogP contribution in [0, 0.1) is 50.2 Å². The number of ether oxygens (including phenoxy) is 1. The van der Waals surface area contributed by atoms with Crippen molar-refractivity contribution < 1.29 is 14.6 Å². The first-order valence-electron chi connectivity index (χ1n) is 16.9. The first kappa shape index (κ1) is 30.0. The van der Waals surface area contributed by atoms with E-state index in [0.717, 1.165) is 24.3 Å². The van der Waals surface area contributed by atoms with Crippen molar-refractivity contribution in [1.82, 2.24) is 0 Å². The first-order chi connectivity index (χ1) is 19.5. The van der Waals surface area contributed by atoms with Crippen molar-refractivity contribution in [2.24, 2.45) is 50.2 Å². The number of hydrogen-bond donors (Lipinski definition) is 1. The number of fused-ring (bicyclic) bond motifs is 7. The maximum Gasteiger partial charge on any atom is 0.331 e. The normalized spacial score (nSPS) is 43.8. The third-order valence-corrected chi connectivity index (χ3v) is 14.6. The molecule has 4 fully saturated rings. The minimum Gasteiger partial charge on any atom is -0.508 e. The predicted molar refractivity (Wildman–Crippen MR) is 172 cm³/mol. The van der Waals surface area contributed by atoms with Crippen molar-refractivity contribution in [3.8, 4) is 5.75 Å². The zero-order valence-corrected chi connectivity index (χ0v) is 27.7. The van der Waals surface area contributed by atoms with Crippen LogP contribution in [0.15, 0.2) is 42.0 Å². The van der Waals surface area contributed by atoms with E-state index in [1.165, 1.54) is 51.4 Å². The summed E-state index contributed by atoms with van der Waals surface area (Å²) in [4.78, 5) is 13.0. The Balaban J connectivity index is 1.24. The van der Waals surface area contributed by atoms with Gasteiger partial charge in [0.15, 0.2) is 0 Å². The largest absolute Gasteiger partial charge is 0.508 e. The number of aromatic hydroxyl groups is 1. The summed E-state index contributed by atoms with van der Waals surface area (Å²) in [6, 6.07) is 6.89. The zero-order valence-electron chi connectivity index (χ0n) is 27.7. The van der Waals surface area contributed by atoms with Gasteiger partial charge in [0.2, 0.25) is 0 Å². The summed E-state index contributed by atoms with van der Waals surface area (Å²) in [5.41, 5.74) is 4.43. The molecule has 1 aromatic rings. The number of carbonyl (C=O) groups excluding carboxylic acids is 1. The highest BCUT2D eigenvalue weighted by molar-refractivity contribution is 5.87. The molecule has 1 aromatic carbocycles. The maximum atomic E-state index is 13.0. The molecule has 6 rings (SSSR count). The van der Waals surface area contributed by atoms with Crippen molar-refractivity contribution >= 4 is 12.0 Å². The molecular weight excluding hydrogens is 516 g/mol. The van der Waals surface area contributed by atoms with E-state index in [4.69, 9.17) is 4.74 Å². The Kier molecular flexibility index (Phi) is 6.96. The lowest BCUT2D eigenvalue weighted by Gasteiger charge is -2.71. The Labute approximate surface area is 255 Å². The molecule has 8 atom stereocenters. The van der Waals surface area contributed by atoms with Crippen molar-refractivity contribution in [1.29, 1.82) is 0 Å². The van der Waals surface area contributed by atoms with Crippen LogP contribution in [-0.2, 0) is 9.53 Å². The number of benzene rings is 1. The molecule has 3 heteroatoms. The van der Waals surface area contributed by atoms with Crippen molar-refractivity contribution in [3.05, 3.63) is 47.6 Å². The van der Waals surface area contributed by atoms with Crippen LogP contribution in [-0.4, -0.2) is 17.2 Å². The Hall–Kier alpha value is -2.03. The topological polar surface area (TPSA) is 46.5 Å². The quantitative estimate of drug-likeness (QED) is 0.223. The van der Waals surface area contributed by atoms with Gasteiger partial charge in [-0.15, -0.1) is 0 Å². The molecule has 42 heavy (non-hydrogen) atoms. The average Bonchev–Trinajstić information content (AvgIpc) is 2.91. The fourth-order valence-electron chi connectivity index (χ4n) is 11.6. The van der Waals surface area contributed by atoms with E-state index in [2.05, 4.69) is 61.5 Å². The number of phenols is 1. The molecule has 0 aliphatic heterocycles. The summed E-state index contributed by atoms with van der Waals surface area (Å²) >= 11 is 0. The van der Waals surface area contributed by atoms with Crippen LogP contribution in [0.3, 0.4) is 0 Å². The smallest absolute Gasteiger partial charge is 0.331 e. The average molecular weight is 573 g/mol. The van der Waals surface area contributed by atoms with E-state index in [-0.39, 0.29) is 34.1 Å². The van der Waals surface area contributed by atoms with Crippen LogP contribution in [0.1, 0.15) is 125 Å². The SMILES string of the molecule is CC1(C)CC[C@]2(C)CC[C@]3(C)C(=CC[C@@H]4[C@@]5(C)CC[C@H](OC(=O)C=Cc6ccc(O)cc6)C(C)(C)[C@@H]5CC[C@]43C)[C@H]2C1. The van der Waals surface area contributed by atoms with Gasteiger partial charge in [0.1, 0.15) is 11.9 Å². The van der Waals surface area contributed by atoms with Crippen LogP contribution in [0.25, 0.3) is 6.08 Å². The molecule has 5 aliphatic carbocycles. The van der Waals surface area contributed by atoms with E-state index in [9.17, 15) is 9.90 Å². The fraction of sp³-hybridized carbons (Fsp3) is 0.718. The summed E-state index contributed by atoms with van der Waals surface area (Å²) in [7, 11) is 0. The molecule has 0 unspecified atom stereocenters. The van der Waals surface area contributed by atoms with Gasteiger partial charge in [-0.05, 0) is 133 Å². The lowest BCUT2D eigenvalue weighted by Crippen LogP contribution is -2.64. The Bertz CT molecular complexity index is 1280. The van der Waals surface area contributed by atoms with Crippen LogP contribution < -0.4 is 0 Å². The molecule has 0 saturated heterocycles. The standard InChI is InChI=1S/C39H56O3/c1-34(2)21-22-36(5)23-24-38(7)28(29(36)25-34)14-15-31-37(6)19-18-32(35(3,4)30(37)17-20-39(31,38)8)42-33(41)16-11-26-9-12-27(40)13-10-26/h9-14,16,29-32,40H,15,17-25H2,1-8H3/t29-,30+,31-,32+,36-,37+,38-,39-/m1/s1. The molecule has 5 aliphatic rings. The lowest BCUT2D eigenvalue weighted by atomic mass is 9.33. The van der Waals surface area contributed by atoms with Crippen LogP contribution in [0.2, 0.25) is 0 Å². The van der Waals surface area contributed by atoms with Crippen LogP contribution in [0.5, 0.6) is 5.75 Å². The number of phenolic OH excluding ortho intramolecular Hbond substituents is 1. The molecule has 1 N–H and O–H groups in total. The minimum atomic E-state index is -0.260. The molecular formula is C39H56O3. The molecule has 3 nitrogen and oxygen atoms in total. The highest BCUT2D eigenvalue weighted by atomic mass is 16.5. The van der Waals surface area contributed by atoms with E-state index in [1.807, 2.05) is 5.57 Å². The van der Waals surface area contributed by atoms with Gasteiger partial charge >= 0.3 is 5.97 Å². The summed E-state index contributed by atoms with van der Waals surface area (Å²) in [6.07, 6.45) is 18.7. The van der Waals surface area contributed by atoms with Crippen LogP contribution >= 0.6 is 0 Å². The third-order valence-electron chi connectivity index (χ3n) is 14.6. The van der Waals surface area contributed by atoms with Gasteiger partial charge in [0, 0.05) is 11.5 Å². The third kappa shape index (κ3) is 4.45. The lowest BCUT2D eigenvalue weighted by molar-refractivity contribution is -0.210. The van der Waals surface area contributed by atoms with Gasteiger partial charge in [-0.2, -0.15) is 0 Å². The first-order valence-corrected chi connectivity index (χ1v) is 16.9. The van der Waals surface area contributed by atoms with E-state index in [0.29, 0.717) is 28.1 Å². The van der Waals surface area contributed by atoms with Gasteiger partial charge < -0.3 is 9.84 Å². The fourth-order valence-corrected chi connectivity index (χ4v) is 11.6. The molecule has 0 aromatic heterocycles. The Morgan fingerprint density at radius 3 is 2.26 bits per heavy atom. The highest BCUT2D eigenvalue weighted by Gasteiger charge is 2.68. The van der Waals surface area contributed by atoms with Gasteiger partial charge in [0.25, 0.3) is 0 Å². The van der Waals surface area contributed by atoms with E-state index >= 15 is 0 Å². The second kappa shape index (κ2) is 9.73. The maximum absolute atomic E-state index is 13.0. The number of hydrogen-bond acceptors (Lipinski definition) is 3. The summed E-state index contributed by atoms with van der Waals surface area (Å²) in [5.74, 6) is 1.91. The van der Waals surface area contributed by atoms with Crippen LogP contribution in [0.4, 0.5) is 0 Å². The number of esters is 1. The molecule has 0 bridgehead atoms. The van der Waals surface area contributed by atoms with Gasteiger partial charge in [0.05, 0.1) is 0 Å². The molecule has 4 saturated carbocycles. The summed E-state index contributed by atoms with van der Waals surface area (Å²) in [6.45, 7) is 20.4.